The van der Waals surface area contributed by atoms with Gasteiger partial charge in [0.15, 0.2) is 5.76 Å². The summed E-state index contributed by atoms with van der Waals surface area (Å²) < 4.78 is 60.6. The molecule has 0 bridgehead atoms. The molecule has 0 saturated heterocycles. The number of amides is 1. The Bertz CT molecular complexity index is 1660. The summed E-state index contributed by atoms with van der Waals surface area (Å²) in [5.74, 6) is 0.528. The van der Waals surface area contributed by atoms with E-state index in [9.17, 15) is 22.8 Å². The number of halogens is 3. The molecule has 1 aliphatic carbocycles. The highest BCUT2D eigenvalue weighted by molar-refractivity contribution is 5.92. The van der Waals surface area contributed by atoms with E-state index < -0.39 is 23.2 Å². The zero-order valence-electron chi connectivity index (χ0n) is 24.4. The van der Waals surface area contributed by atoms with Gasteiger partial charge in [-0.15, -0.1) is 0 Å². The van der Waals surface area contributed by atoms with Crippen LogP contribution >= 0.6 is 0 Å². The summed E-state index contributed by atoms with van der Waals surface area (Å²) in [5, 5.41) is 6.61. The van der Waals surface area contributed by atoms with Gasteiger partial charge in [0.1, 0.15) is 17.1 Å². The molecule has 1 N–H and O–H groups in total. The van der Waals surface area contributed by atoms with Gasteiger partial charge >= 0.3 is 18.2 Å². The van der Waals surface area contributed by atoms with Crippen LogP contribution in [0.25, 0.3) is 22.5 Å². The lowest BCUT2D eigenvalue weighted by molar-refractivity contribution is -0.146. The van der Waals surface area contributed by atoms with E-state index in [1.54, 1.807) is 19.9 Å². The van der Waals surface area contributed by atoms with E-state index in [4.69, 9.17) is 18.7 Å². The number of alkyl halides is 3. The topological polar surface area (TPSA) is 99.9 Å². The highest BCUT2D eigenvalue weighted by Gasteiger charge is 2.52. The second-order valence-electron chi connectivity index (χ2n) is 10.5. The maximum absolute atomic E-state index is 13.0. The van der Waals surface area contributed by atoms with Crippen molar-refractivity contribution in [2.24, 2.45) is 0 Å². The average Bonchev–Trinajstić information content (AvgIpc) is 3.75. The molecule has 0 unspecified atom stereocenters. The molecular weight excluding hydrogens is 577 g/mol. The Hall–Kier alpha value is -4.80. The SMILES string of the molecule is CCOC(=O)C1(c2ccc(-c3ccc(-c4onc(C)c4NC(=O)OCCc4cccc(C(F)(F)F)c4)c(OC)c3)cc2)CC1. The maximum atomic E-state index is 13.0. The molecule has 0 atom stereocenters. The van der Waals surface area contributed by atoms with Gasteiger partial charge < -0.3 is 18.7 Å². The van der Waals surface area contributed by atoms with Gasteiger partial charge in [-0.25, -0.2) is 4.79 Å². The fourth-order valence-corrected chi connectivity index (χ4v) is 5.05. The highest BCUT2D eigenvalue weighted by Crippen LogP contribution is 2.49. The lowest BCUT2D eigenvalue weighted by Crippen LogP contribution is -2.23. The molecule has 230 valence electrons. The van der Waals surface area contributed by atoms with Gasteiger partial charge in [0.25, 0.3) is 0 Å². The van der Waals surface area contributed by atoms with Crippen molar-refractivity contribution < 1.29 is 41.5 Å². The number of nitrogens with one attached hydrogen (secondary N) is 1. The lowest BCUT2D eigenvalue weighted by atomic mass is 9.93. The molecule has 5 rings (SSSR count). The van der Waals surface area contributed by atoms with Crippen LogP contribution in [-0.2, 0) is 32.3 Å². The third kappa shape index (κ3) is 6.41. The quantitative estimate of drug-likeness (QED) is 0.184. The molecule has 1 amide bonds. The molecule has 4 aromatic rings. The number of methoxy groups -OCH3 is 1. The van der Waals surface area contributed by atoms with Gasteiger partial charge in [0.05, 0.1) is 36.9 Å². The van der Waals surface area contributed by atoms with Crippen molar-refractivity contribution in [2.45, 2.75) is 44.7 Å². The van der Waals surface area contributed by atoms with Crippen molar-refractivity contribution in [3.63, 3.8) is 0 Å². The number of nitrogens with zero attached hydrogens (tertiary/aromatic N) is 1. The van der Waals surface area contributed by atoms with Crippen LogP contribution < -0.4 is 10.1 Å². The zero-order chi connectivity index (χ0) is 31.5. The van der Waals surface area contributed by atoms with Crippen molar-refractivity contribution in [3.05, 3.63) is 89.1 Å². The Morgan fingerprint density at radius 3 is 2.39 bits per heavy atom. The third-order valence-corrected chi connectivity index (χ3v) is 7.60. The summed E-state index contributed by atoms with van der Waals surface area (Å²) in [7, 11) is 1.51. The smallest absolute Gasteiger partial charge is 0.416 e. The number of hydrogen-bond acceptors (Lipinski definition) is 7. The first-order valence-corrected chi connectivity index (χ1v) is 14.1. The molecule has 3 aromatic carbocycles. The molecule has 8 nitrogen and oxygen atoms in total. The number of hydrogen-bond donors (Lipinski definition) is 1. The first-order valence-electron chi connectivity index (χ1n) is 14.1. The number of carbonyl (C=O) groups excluding carboxylic acids is 2. The molecule has 1 saturated carbocycles. The molecule has 11 heteroatoms. The Labute approximate surface area is 252 Å². The van der Waals surface area contributed by atoms with E-state index in [1.165, 1.54) is 19.2 Å². The first kappa shape index (κ1) is 30.7. The van der Waals surface area contributed by atoms with Crippen LogP contribution in [0.1, 0.15) is 42.1 Å². The van der Waals surface area contributed by atoms with Crippen LogP contribution in [0.5, 0.6) is 5.75 Å². The number of benzene rings is 3. The molecule has 0 spiro atoms. The second kappa shape index (κ2) is 12.4. The molecule has 1 aromatic heterocycles. The molecule has 0 aliphatic heterocycles. The number of esters is 1. The summed E-state index contributed by atoms with van der Waals surface area (Å²) in [6, 6.07) is 18.1. The minimum Gasteiger partial charge on any atom is -0.496 e. The Morgan fingerprint density at radius 2 is 1.73 bits per heavy atom. The summed E-state index contributed by atoms with van der Waals surface area (Å²) in [4.78, 5) is 25.1. The maximum Gasteiger partial charge on any atom is 0.416 e. The minimum atomic E-state index is -4.45. The number of ether oxygens (including phenoxy) is 3. The summed E-state index contributed by atoms with van der Waals surface area (Å²) in [6.07, 6.45) is -3.62. The lowest BCUT2D eigenvalue weighted by Gasteiger charge is -2.15. The fraction of sp³-hybridized carbons (Fsp3) is 0.303. The van der Waals surface area contributed by atoms with E-state index in [0.717, 1.165) is 41.7 Å². The van der Waals surface area contributed by atoms with Crippen molar-refractivity contribution >= 4 is 17.7 Å². The largest absolute Gasteiger partial charge is 0.496 e. The van der Waals surface area contributed by atoms with Gasteiger partial charge in [0.2, 0.25) is 0 Å². The number of aromatic nitrogens is 1. The summed E-state index contributed by atoms with van der Waals surface area (Å²) in [5.41, 5.74) is 2.98. The van der Waals surface area contributed by atoms with Crippen LogP contribution in [0.2, 0.25) is 0 Å². The zero-order valence-corrected chi connectivity index (χ0v) is 24.4. The minimum absolute atomic E-state index is 0.104. The molecule has 0 radical (unpaired) electrons. The van der Waals surface area contributed by atoms with Crippen LogP contribution in [0.4, 0.5) is 23.7 Å². The van der Waals surface area contributed by atoms with Gasteiger partial charge in [-0.05, 0) is 67.1 Å². The van der Waals surface area contributed by atoms with Crippen LogP contribution in [0, 0.1) is 6.92 Å². The van der Waals surface area contributed by atoms with E-state index >= 15 is 0 Å². The average molecular weight is 609 g/mol. The monoisotopic (exact) mass is 608 g/mol. The van der Waals surface area contributed by atoms with Gasteiger partial charge in [0, 0.05) is 6.42 Å². The fourth-order valence-electron chi connectivity index (χ4n) is 5.05. The normalized spacial score (nSPS) is 13.7. The van der Waals surface area contributed by atoms with Gasteiger partial charge in [-0.1, -0.05) is 53.7 Å². The number of aryl methyl sites for hydroxylation is 1. The predicted molar refractivity (Wildman–Crippen MR) is 156 cm³/mol. The van der Waals surface area contributed by atoms with Crippen LogP contribution in [0.3, 0.4) is 0 Å². The number of anilines is 1. The van der Waals surface area contributed by atoms with E-state index in [-0.39, 0.29) is 30.4 Å². The van der Waals surface area contributed by atoms with E-state index in [1.807, 2.05) is 36.4 Å². The standard InChI is InChI=1S/C33H31F3N2O6/c1-4-42-30(39)32(15-16-32)24-11-8-22(9-12-24)23-10-13-26(27(19-23)41-3)29-28(20(2)38-44-29)37-31(40)43-17-14-21-6-5-7-25(18-21)33(34,35)36/h5-13,18-19H,4,14-17H2,1-3H3,(H,37,40). The van der Waals surface area contributed by atoms with Crippen molar-refractivity contribution in [1.29, 1.82) is 0 Å². The van der Waals surface area contributed by atoms with Crippen LogP contribution in [-0.4, -0.2) is 37.5 Å². The summed E-state index contributed by atoms with van der Waals surface area (Å²) in [6.45, 7) is 3.66. The summed E-state index contributed by atoms with van der Waals surface area (Å²) >= 11 is 0. The Balaban J connectivity index is 1.28. The molecular formula is C33H31F3N2O6. The van der Waals surface area contributed by atoms with Gasteiger partial charge in [-0.3, -0.25) is 10.1 Å². The predicted octanol–water partition coefficient (Wildman–Crippen LogP) is 7.73. The Kier molecular flexibility index (Phi) is 8.66. The molecule has 1 aliphatic rings. The van der Waals surface area contributed by atoms with Crippen molar-refractivity contribution in [1.82, 2.24) is 5.16 Å². The van der Waals surface area contributed by atoms with Gasteiger partial charge in [-0.2, -0.15) is 13.2 Å². The molecule has 1 fully saturated rings. The third-order valence-electron chi connectivity index (χ3n) is 7.60. The van der Waals surface area contributed by atoms with E-state index in [0.29, 0.717) is 29.2 Å². The highest BCUT2D eigenvalue weighted by atomic mass is 19.4. The molecule has 1 heterocycles. The van der Waals surface area contributed by atoms with Crippen molar-refractivity contribution in [2.75, 3.05) is 25.6 Å². The van der Waals surface area contributed by atoms with E-state index in [2.05, 4.69) is 10.5 Å². The van der Waals surface area contributed by atoms with Crippen molar-refractivity contribution in [3.8, 4) is 28.2 Å². The number of rotatable bonds is 10. The number of carbonyl (C=O) groups is 2. The van der Waals surface area contributed by atoms with Crippen LogP contribution in [0.15, 0.2) is 71.3 Å². The molecule has 44 heavy (non-hydrogen) atoms. The Morgan fingerprint density at radius 1 is 1.00 bits per heavy atom. The first-order chi connectivity index (χ1) is 21.1. The second-order valence-corrected chi connectivity index (χ2v) is 10.5.